The molecule has 2 aromatic carbocycles. The Kier molecular flexibility index (Phi) is 5.38. The summed E-state index contributed by atoms with van der Waals surface area (Å²) in [7, 11) is 0. The van der Waals surface area contributed by atoms with Crippen LogP contribution in [0.5, 0.6) is 5.75 Å². The monoisotopic (exact) mass is 295 g/mol. The quantitative estimate of drug-likeness (QED) is 0.803. The van der Waals surface area contributed by atoms with E-state index >= 15 is 0 Å². The van der Waals surface area contributed by atoms with Gasteiger partial charge in [-0.1, -0.05) is 6.07 Å². The van der Waals surface area contributed by atoms with Crippen LogP contribution < -0.4 is 15.4 Å². The van der Waals surface area contributed by atoms with Crippen LogP contribution in [-0.4, -0.2) is 19.1 Å². The minimum absolute atomic E-state index is 0.111. The number of benzene rings is 2. The normalized spacial score (nSPS) is 9.64. The molecule has 0 aliphatic rings. The van der Waals surface area contributed by atoms with Crippen molar-refractivity contribution in [1.29, 1.82) is 5.26 Å². The zero-order chi connectivity index (χ0) is 15.8. The van der Waals surface area contributed by atoms with Crippen molar-refractivity contribution in [1.82, 2.24) is 0 Å². The van der Waals surface area contributed by atoms with Crippen LogP contribution in [0.25, 0.3) is 0 Å². The molecule has 0 unspecified atom stereocenters. The Bertz CT molecular complexity index is 675. The van der Waals surface area contributed by atoms with E-state index < -0.39 is 0 Å². The highest BCUT2D eigenvalue weighted by Crippen LogP contribution is 2.17. The van der Waals surface area contributed by atoms with E-state index in [-0.39, 0.29) is 5.91 Å². The SMILES string of the molecule is CC(=O)Nc1cccc(OCCNc2ccc(C#N)cc2)c1. The first-order chi connectivity index (χ1) is 10.7. The summed E-state index contributed by atoms with van der Waals surface area (Å²) in [6.45, 7) is 2.59. The van der Waals surface area contributed by atoms with Crippen LogP contribution in [0.2, 0.25) is 0 Å². The molecule has 2 aromatic rings. The Morgan fingerprint density at radius 1 is 1.18 bits per heavy atom. The third-order valence-electron chi connectivity index (χ3n) is 2.87. The lowest BCUT2D eigenvalue weighted by Gasteiger charge is -2.10. The maximum Gasteiger partial charge on any atom is 0.221 e. The van der Waals surface area contributed by atoms with E-state index in [0.29, 0.717) is 30.2 Å². The van der Waals surface area contributed by atoms with Crippen molar-refractivity contribution >= 4 is 17.3 Å². The third kappa shape index (κ3) is 4.84. The molecule has 5 nitrogen and oxygen atoms in total. The number of amides is 1. The smallest absolute Gasteiger partial charge is 0.221 e. The summed E-state index contributed by atoms with van der Waals surface area (Å²) in [6.07, 6.45) is 0. The second kappa shape index (κ2) is 7.70. The van der Waals surface area contributed by atoms with Crippen LogP contribution in [0.4, 0.5) is 11.4 Å². The summed E-state index contributed by atoms with van der Waals surface area (Å²) >= 11 is 0. The van der Waals surface area contributed by atoms with E-state index in [1.165, 1.54) is 6.92 Å². The molecule has 0 fully saturated rings. The number of hydrogen-bond donors (Lipinski definition) is 2. The largest absolute Gasteiger partial charge is 0.492 e. The Balaban J connectivity index is 1.78. The number of hydrogen-bond acceptors (Lipinski definition) is 4. The predicted molar refractivity (Wildman–Crippen MR) is 85.9 cm³/mol. The molecule has 1 amide bonds. The number of nitriles is 1. The van der Waals surface area contributed by atoms with E-state index in [0.717, 1.165) is 5.69 Å². The summed E-state index contributed by atoms with van der Waals surface area (Å²) in [6, 6.07) is 16.6. The van der Waals surface area contributed by atoms with Gasteiger partial charge in [0.15, 0.2) is 0 Å². The summed E-state index contributed by atoms with van der Waals surface area (Å²) in [4.78, 5) is 11.0. The van der Waals surface area contributed by atoms with Crippen LogP contribution in [-0.2, 0) is 4.79 Å². The van der Waals surface area contributed by atoms with Gasteiger partial charge in [-0.25, -0.2) is 0 Å². The molecule has 112 valence electrons. The van der Waals surface area contributed by atoms with E-state index in [4.69, 9.17) is 10.00 Å². The van der Waals surface area contributed by atoms with Crippen molar-refractivity contribution in [3.63, 3.8) is 0 Å². The Hall–Kier alpha value is -3.00. The average molecular weight is 295 g/mol. The van der Waals surface area contributed by atoms with Crippen molar-refractivity contribution in [2.24, 2.45) is 0 Å². The predicted octanol–water partition coefficient (Wildman–Crippen LogP) is 3.01. The molecule has 0 aliphatic heterocycles. The van der Waals surface area contributed by atoms with Gasteiger partial charge in [0.1, 0.15) is 12.4 Å². The number of carbonyl (C=O) groups is 1. The first-order valence-corrected chi connectivity index (χ1v) is 6.92. The van der Waals surface area contributed by atoms with Crippen LogP contribution in [0.15, 0.2) is 48.5 Å². The first kappa shape index (κ1) is 15.4. The van der Waals surface area contributed by atoms with E-state index in [1.54, 1.807) is 18.2 Å². The molecule has 0 heterocycles. The van der Waals surface area contributed by atoms with Gasteiger partial charge in [0, 0.05) is 30.9 Å². The summed E-state index contributed by atoms with van der Waals surface area (Å²) in [5, 5.41) is 14.6. The minimum atomic E-state index is -0.111. The molecule has 2 N–H and O–H groups in total. The summed E-state index contributed by atoms with van der Waals surface area (Å²) < 4.78 is 5.63. The molecule has 0 aliphatic carbocycles. The van der Waals surface area contributed by atoms with Crippen molar-refractivity contribution in [3.8, 4) is 11.8 Å². The highest BCUT2D eigenvalue weighted by molar-refractivity contribution is 5.88. The van der Waals surface area contributed by atoms with Gasteiger partial charge in [0.25, 0.3) is 0 Å². The molecule has 0 saturated heterocycles. The number of carbonyl (C=O) groups excluding carboxylic acids is 1. The first-order valence-electron chi connectivity index (χ1n) is 6.92. The molecule has 0 aromatic heterocycles. The zero-order valence-corrected chi connectivity index (χ0v) is 12.3. The van der Waals surface area contributed by atoms with Gasteiger partial charge in [-0.05, 0) is 36.4 Å². The fourth-order valence-electron chi connectivity index (χ4n) is 1.89. The van der Waals surface area contributed by atoms with Gasteiger partial charge >= 0.3 is 0 Å². The maximum atomic E-state index is 11.0. The van der Waals surface area contributed by atoms with E-state index in [9.17, 15) is 4.79 Å². The highest BCUT2D eigenvalue weighted by Gasteiger charge is 1.99. The van der Waals surface area contributed by atoms with Crippen molar-refractivity contribution < 1.29 is 9.53 Å². The minimum Gasteiger partial charge on any atom is -0.492 e. The lowest BCUT2D eigenvalue weighted by molar-refractivity contribution is -0.114. The van der Waals surface area contributed by atoms with Crippen molar-refractivity contribution in [3.05, 3.63) is 54.1 Å². The molecule has 0 atom stereocenters. The van der Waals surface area contributed by atoms with Crippen LogP contribution in [0.1, 0.15) is 12.5 Å². The lowest BCUT2D eigenvalue weighted by Crippen LogP contribution is -2.11. The molecule has 22 heavy (non-hydrogen) atoms. The van der Waals surface area contributed by atoms with Crippen molar-refractivity contribution in [2.75, 3.05) is 23.8 Å². The van der Waals surface area contributed by atoms with E-state index in [1.807, 2.05) is 30.3 Å². The van der Waals surface area contributed by atoms with Gasteiger partial charge in [-0.15, -0.1) is 0 Å². The van der Waals surface area contributed by atoms with Crippen LogP contribution in [0.3, 0.4) is 0 Å². The molecule has 0 spiro atoms. The van der Waals surface area contributed by atoms with Gasteiger partial charge in [-0.2, -0.15) is 5.26 Å². The molecule has 0 radical (unpaired) electrons. The summed E-state index contributed by atoms with van der Waals surface area (Å²) in [5.74, 6) is 0.590. The molecule has 2 rings (SSSR count). The third-order valence-corrected chi connectivity index (χ3v) is 2.87. The molecular formula is C17H17N3O2. The van der Waals surface area contributed by atoms with Crippen LogP contribution in [0, 0.1) is 11.3 Å². The van der Waals surface area contributed by atoms with E-state index in [2.05, 4.69) is 16.7 Å². The number of ether oxygens (including phenoxy) is 1. The Morgan fingerprint density at radius 2 is 1.95 bits per heavy atom. The van der Waals surface area contributed by atoms with Gasteiger partial charge in [-0.3, -0.25) is 4.79 Å². The molecular weight excluding hydrogens is 278 g/mol. The number of nitrogens with zero attached hydrogens (tertiary/aromatic N) is 1. The maximum absolute atomic E-state index is 11.0. The second-order valence-corrected chi connectivity index (χ2v) is 4.67. The topological polar surface area (TPSA) is 74.2 Å². The Morgan fingerprint density at radius 3 is 2.64 bits per heavy atom. The average Bonchev–Trinajstić information content (AvgIpc) is 2.52. The number of anilines is 2. The Labute approximate surface area is 129 Å². The molecule has 0 bridgehead atoms. The molecule has 5 heteroatoms. The van der Waals surface area contributed by atoms with Gasteiger partial charge in [0.05, 0.1) is 11.6 Å². The van der Waals surface area contributed by atoms with Crippen LogP contribution >= 0.6 is 0 Å². The standard InChI is InChI=1S/C17H17N3O2/c1-13(21)20-16-3-2-4-17(11-16)22-10-9-19-15-7-5-14(12-18)6-8-15/h2-8,11,19H,9-10H2,1H3,(H,20,21). The second-order valence-electron chi connectivity index (χ2n) is 4.67. The summed E-state index contributed by atoms with van der Waals surface area (Å²) in [5.41, 5.74) is 2.29. The highest BCUT2D eigenvalue weighted by atomic mass is 16.5. The lowest BCUT2D eigenvalue weighted by atomic mass is 10.2. The zero-order valence-electron chi connectivity index (χ0n) is 12.3. The van der Waals surface area contributed by atoms with Crippen molar-refractivity contribution in [2.45, 2.75) is 6.92 Å². The number of nitrogens with one attached hydrogen (secondary N) is 2. The van der Waals surface area contributed by atoms with Gasteiger partial charge in [0.2, 0.25) is 5.91 Å². The number of rotatable bonds is 6. The fourth-order valence-corrected chi connectivity index (χ4v) is 1.89. The molecule has 0 saturated carbocycles. The fraction of sp³-hybridized carbons (Fsp3) is 0.176. The van der Waals surface area contributed by atoms with Gasteiger partial charge < -0.3 is 15.4 Å².